The minimum absolute atomic E-state index is 0. The van der Waals surface area contributed by atoms with Crippen LogP contribution in [0.1, 0.15) is 63.8 Å². The van der Waals surface area contributed by atoms with E-state index in [4.69, 9.17) is 5.32 Å². The first-order chi connectivity index (χ1) is 15.0. The standard InChI is InChI=1S/C28H33N2O2.Ni/c1-27(2,3)21-15-22(28(4,5)6)26(32)24(16-21)30-23-13-9-7-11-19(23)17-29-18-20-12-8-10-14-25(20)31;/h7-16,18,32H,17H2,1-6H3,(H,29,31);/q-1;+3/p-2. The predicted molar refractivity (Wildman–Crippen MR) is 130 cm³/mol. The third kappa shape index (κ3) is 6.61. The topological polar surface area (TPSA) is 72.6 Å². The molecule has 0 atom stereocenters. The molecule has 4 nitrogen and oxygen atoms in total. The molecule has 0 heterocycles. The van der Waals surface area contributed by atoms with E-state index in [2.05, 4.69) is 46.5 Å². The second-order valence-corrected chi connectivity index (χ2v) is 10.1. The molecule has 0 aromatic heterocycles. The van der Waals surface area contributed by atoms with E-state index in [0.29, 0.717) is 23.5 Å². The van der Waals surface area contributed by atoms with Crippen molar-refractivity contribution in [1.29, 1.82) is 0 Å². The molecule has 33 heavy (non-hydrogen) atoms. The second-order valence-electron chi connectivity index (χ2n) is 10.1. The zero-order chi connectivity index (χ0) is 23.5. The molecule has 0 amide bonds. The fraction of sp³-hybridized carbons (Fsp3) is 0.321. The molecule has 0 unspecified atom stereocenters. The molecule has 3 rings (SSSR count). The summed E-state index contributed by atoms with van der Waals surface area (Å²) in [5.41, 5.74) is 4.08. The van der Waals surface area contributed by atoms with Gasteiger partial charge in [-0.2, -0.15) is 0 Å². The van der Waals surface area contributed by atoms with Gasteiger partial charge in [0, 0.05) is 6.21 Å². The van der Waals surface area contributed by atoms with Crippen LogP contribution in [0.2, 0.25) is 0 Å². The first-order valence-electron chi connectivity index (χ1n) is 10.9. The summed E-state index contributed by atoms with van der Waals surface area (Å²) in [6, 6.07) is 18.4. The predicted octanol–water partition coefficient (Wildman–Crippen LogP) is 6.38. The van der Waals surface area contributed by atoms with Crippen LogP contribution in [0.5, 0.6) is 11.5 Å². The van der Waals surface area contributed by atoms with Crippen molar-refractivity contribution < 1.29 is 26.7 Å². The quantitative estimate of drug-likeness (QED) is 0.310. The summed E-state index contributed by atoms with van der Waals surface area (Å²) < 4.78 is 0. The molecule has 0 bridgehead atoms. The van der Waals surface area contributed by atoms with E-state index in [1.807, 2.05) is 42.5 Å². The Hall–Kier alpha value is -2.78. The molecule has 5 heteroatoms. The normalized spacial score (nSPS) is 11.9. The van der Waals surface area contributed by atoms with Crippen molar-refractivity contribution in [2.75, 3.05) is 0 Å². The monoisotopic (exact) mass is 485 g/mol. The van der Waals surface area contributed by atoms with Crippen molar-refractivity contribution in [3.05, 3.63) is 88.2 Å². The number of aliphatic imine (C=N–C) groups is 1. The Bertz CT molecular complexity index is 1130. The van der Waals surface area contributed by atoms with Crippen molar-refractivity contribution in [1.82, 2.24) is 0 Å². The van der Waals surface area contributed by atoms with Gasteiger partial charge >= 0.3 is 16.5 Å². The van der Waals surface area contributed by atoms with E-state index < -0.39 is 0 Å². The maximum absolute atomic E-state index is 13.3. The van der Waals surface area contributed by atoms with Crippen molar-refractivity contribution in [2.24, 2.45) is 4.99 Å². The van der Waals surface area contributed by atoms with Gasteiger partial charge in [-0.05, 0) is 27.5 Å². The van der Waals surface area contributed by atoms with Gasteiger partial charge in [-0.1, -0.05) is 108 Å². The molecule has 0 aliphatic carbocycles. The molecule has 0 aliphatic rings. The minimum atomic E-state index is -0.280. The number of para-hydroxylation sites is 2. The SMILES string of the molecule is CC(C)(C)c1cc([N-]c2ccccc2CN=Cc2ccccc2[O-])c([O-])c(C(C)(C)C)c1.[Ni+3]. The number of hydrogen-bond acceptors (Lipinski definition) is 3. The van der Waals surface area contributed by atoms with Gasteiger partial charge < -0.3 is 15.5 Å². The first kappa shape index (κ1) is 26.5. The zero-order valence-electron chi connectivity index (χ0n) is 20.1. The summed E-state index contributed by atoms with van der Waals surface area (Å²) in [4.78, 5) is 4.45. The minimum Gasteiger partial charge on any atom is -0.873 e. The van der Waals surface area contributed by atoms with Gasteiger partial charge in [0.05, 0.1) is 6.54 Å². The van der Waals surface area contributed by atoms with Crippen LogP contribution in [0, 0.1) is 0 Å². The number of nitrogens with zero attached hydrogens (tertiary/aromatic N) is 2. The van der Waals surface area contributed by atoms with E-state index in [0.717, 1.165) is 16.7 Å². The Balaban J connectivity index is 0.00000385. The number of hydrogen-bond donors (Lipinski definition) is 0. The van der Waals surface area contributed by atoms with Crippen molar-refractivity contribution >= 4 is 17.6 Å². The summed E-state index contributed by atoms with van der Waals surface area (Å²) in [6.07, 6.45) is 1.59. The first-order valence-corrected chi connectivity index (χ1v) is 10.9. The van der Waals surface area contributed by atoms with Crippen molar-refractivity contribution in [2.45, 2.75) is 58.9 Å². The van der Waals surface area contributed by atoms with Gasteiger partial charge in [0.1, 0.15) is 0 Å². The van der Waals surface area contributed by atoms with Crippen LogP contribution in [-0.4, -0.2) is 6.21 Å². The molecule has 0 saturated heterocycles. The van der Waals surface area contributed by atoms with E-state index in [9.17, 15) is 10.2 Å². The third-order valence-corrected chi connectivity index (χ3v) is 5.39. The molecule has 3 aromatic carbocycles. The van der Waals surface area contributed by atoms with E-state index in [1.54, 1.807) is 18.3 Å². The fourth-order valence-electron chi connectivity index (χ4n) is 3.40. The average Bonchev–Trinajstić information content (AvgIpc) is 2.70. The van der Waals surface area contributed by atoms with Crippen LogP contribution < -0.4 is 10.2 Å². The molecular formula is C28H31N2NiO2. The van der Waals surface area contributed by atoms with Crippen LogP contribution in [0.25, 0.3) is 5.32 Å². The van der Waals surface area contributed by atoms with Crippen LogP contribution in [-0.2, 0) is 33.9 Å². The zero-order valence-corrected chi connectivity index (χ0v) is 21.1. The molecule has 0 spiro atoms. The molecule has 1 radical (unpaired) electrons. The van der Waals surface area contributed by atoms with Gasteiger partial charge in [-0.3, -0.25) is 4.99 Å². The maximum Gasteiger partial charge on any atom is 3.00 e. The third-order valence-electron chi connectivity index (χ3n) is 5.39. The maximum atomic E-state index is 13.3. The summed E-state index contributed by atoms with van der Waals surface area (Å²) in [5, 5.41) is 30.0. The van der Waals surface area contributed by atoms with Crippen LogP contribution in [0.3, 0.4) is 0 Å². The smallest absolute Gasteiger partial charge is 0.873 e. The summed E-state index contributed by atoms with van der Waals surface area (Å²) in [6.45, 7) is 12.9. The summed E-state index contributed by atoms with van der Waals surface area (Å²) in [7, 11) is 0. The second kappa shape index (κ2) is 10.4. The Kier molecular flexibility index (Phi) is 8.37. The van der Waals surface area contributed by atoms with E-state index >= 15 is 0 Å². The van der Waals surface area contributed by atoms with Crippen molar-refractivity contribution in [3.8, 4) is 11.5 Å². The Morgan fingerprint density at radius 2 is 1.45 bits per heavy atom. The van der Waals surface area contributed by atoms with Crippen LogP contribution in [0.15, 0.2) is 65.7 Å². The van der Waals surface area contributed by atoms with E-state index in [-0.39, 0.29) is 38.8 Å². The van der Waals surface area contributed by atoms with Gasteiger partial charge in [0.15, 0.2) is 0 Å². The number of rotatable bonds is 5. The largest absolute Gasteiger partial charge is 3.00 e. The Labute approximate surface area is 207 Å². The Morgan fingerprint density at radius 3 is 2.09 bits per heavy atom. The summed E-state index contributed by atoms with van der Waals surface area (Å²) in [5.74, 6) is -0.0944. The summed E-state index contributed by atoms with van der Waals surface area (Å²) >= 11 is 0. The molecular weight excluding hydrogens is 455 g/mol. The Morgan fingerprint density at radius 1 is 0.818 bits per heavy atom. The molecule has 3 aromatic rings. The molecule has 0 fully saturated rings. The van der Waals surface area contributed by atoms with Gasteiger partial charge in [0.2, 0.25) is 0 Å². The fourth-order valence-corrected chi connectivity index (χ4v) is 3.40. The van der Waals surface area contributed by atoms with Crippen LogP contribution >= 0.6 is 0 Å². The average molecular weight is 486 g/mol. The number of benzene rings is 3. The van der Waals surface area contributed by atoms with Gasteiger partial charge in [0.25, 0.3) is 0 Å². The van der Waals surface area contributed by atoms with Crippen LogP contribution in [0.4, 0.5) is 11.4 Å². The van der Waals surface area contributed by atoms with Gasteiger partial charge in [-0.15, -0.1) is 22.9 Å². The van der Waals surface area contributed by atoms with Crippen molar-refractivity contribution in [3.63, 3.8) is 0 Å². The molecule has 175 valence electrons. The molecule has 0 aliphatic heterocycles. The van der Waals surface area contributed by atoms with E-state index in [1.165, 1.54) is 6.07 Å². The molecule has 0 N–H and O–H groups in total. The molecule has 0 saturated carbocycles. The van der Waals surface area contributed by atoms with Gasteiger partial charge in [-0.25, -0.2) is 0 Å².